The Labute approximate surface area is 89.9 Å². The number of carbonyl (C=O) groups is 2. The summed E-state index contributed by atoms with van der Waals surface area (Å²) in [5.41, 5.74) is -1.71. The fourth-order valence-corrected chi connectivity index (χ4v) is 1.42. The zero-order valence-electron chi connectivity index (χ0n) is 9.92. The van der Waals surface area contributed by atoms with Crippen LogP contribution in [0.5, 0.6) is 0 Å². The summed E-state index contributed by atoms with van der Waals surface area (Å²) in [5, 5.41) is 0. The first-order chi connectivity index (χ1) is 6.65. The first kappa shape index (κ1) is 12.0. The zero-order valence-corrected chi connectivity index (χ0v) is 9.92. The summed E-state index contributed by atoms with van der Waals surface area (Å²) in [7, 11) is 0. The summed E-state index contributed by atoms with van der Waals surface area (Å²) in [5.74, 6) is -0.830. The highest BCUT2D eigenvalue weighted by Gasteiger charge is 2.48. The molecule has 15 heavy (non-hydrogen) atoms. The molecule has 4 heteroatoms. The van der Waals surface area contributed by atoms with E-state index in [0.717, 1.165) is 0 Å². The average Bonchev–Trinajstić information content (AvgIpc) is 2.23. The summed E-state index contributed by atoms with van der Waals surface area (Å²) in [6, 6.07) is 0. The van der Waals surface area contributed by atoms with Crippen molar-refractivity contribution >= 4 is 11.9 Å². The zero-order chi connectivity index (χ0) is 11.9. The molecular formula is C11H18O4. The fraction of sp³-hybridized carbons (Fsp3) is 0.818. The molecule has 0 spiro atoms. The minimum atomic E-state index is -1.11. The van der Waals surface area contributed by atoms with E-state index in [1.165, 1.54) is 0 Å². The van der Waals surface area contributed by atoms with Crippen molar-refractivity contribution in [2.45, 2.75) is 52.7 Å². The van der Waals surface area contributed by atoms with Gasteiger partial charge in [0.1, 0.15) is 6.10 Å². The van der Waals surface area contributed by atoms with E-state index in [1.807, 2.05) is 0 Å². The predicted molar refractivity (Wildman–Crippen MR) is 54.1 cm³/mol. The van der Waals surface area contributed by atoms with Gasteiger partial charge in [0, 0.05) is 6.42 Å². The van der Waals surface area contributed by atoms with Crippen molar-refractivity contribution in [2.24, 2.45) is 5.41 Å². The van der Waals surface area contributed by atoms with E-state index in [9.17, 15) is 9.59 Å². The number of rotatable bonds is 1. The molecule has 2 unspecified atom stereocenters. The molecule has 86 valence electrons. The molecular weight excluding hydrogens is 196 g/mol. The second-order valence-corrected chi connectivity index (χ2v) is 5.29. The lowest BCUT2D eigenvalue weighted by molar-refractivity contribution is -0.177. The minimum Gasteiger partial charge on any atom is -0.460 e. The standard InChI is InChI=1S/C11H18O4/c1-7-6-11(5,9(13)14-7)15-8(12)10(2,3)4/h7H,6H2,1-5H3. The summed E-state index contributed by atoms with van der Waals surface area (Å²) in [4.78, 5) is 23.1. The number of cyclic esters (lactones) is 1. The third-order valence-corrected chi connectivity index (χ3v) is 2.35. The lowest BCUT2D eigenvalue weighted by Crippen LogP contribution is -2.40. The third kappa shape index (κ3) is 2.49. The number of ether oxygens (including phenoxy) is 2. The van der Waals surface area contributed by atoms with Crippen molar-refractivity contribution in [3.05, 3.63) is 0 Å². The van der Waals surface area contributed by atoms with Crippen molar-refractivity contribution in [2.75, 3.05) is 0 Å². The van der Waals surface area contributed by atoms with E-state index in [4.69, 9.17) is 9.47 Å². The molecule has 1 heterocycles. The molecule has 2 atom stereocenters. The SMILES string of the molecule is CC1CC(C)(OC(=O)C(C)(C)C)C(=O)O1. The Morgan fingerprint density at radius 3 is 2.40 bits per heavy atom. The van der Waals surface area contributed by atoms with E-state index in [-0.39, 0.29) is 12.1 Å². The molecule has 0 bridgehead atoms. The number of carbonyl (C=O) groups excluding carboxylic acids is 2. The van der Waals surface area contributed by atoms with Crippen LogP contribution in [0.4, 0.5) is 0 Å². The molecule has 0 aromatic carbocycles. The molecule has 1 rings (SSSR count). The van der Waals surface area contributed by atoms with E-state index in [0.29, 0.717) is 6.42 Å². The Balaban J connectivity index is 2.74. The van der Waals surface area contributed by atoms with Gasteiger partial charge in [0.2, 0.25) is 5.60 Å². The lowest BCUT2D eigenvalue weighted by atomic mass is 9.95. The van der Waals surface area contributed by atoms with Crippen LogP contribution in [0.3, 0.4) is 0 Å². The van der Waals surface area contributed by atoms with Gasteiger partial charge in [0.25, 0.3) is 0 Å². The van der Waals surface area contributed by atoms with Crippen LogP contribution in [-0.2, 0) is 19.1 Å². The van der Waals surface area contributed by atoms with Gasteiger partial charge in [0.05, 0.1) is 5.41 Å². The maximum absolute atomic E-state index is 11.6. The monoisotopic (exact) mass is 214 g/mol. The van der Waals surface area contributed by atoms with Crippen LogP contribution in [0.2, 0.25) is 0 Å². The molecule has 0 saturated carbocycles. The van der Waals surface area contributed by atoms with Crippen LogP contribution in [0, 0.1) is 5.41 Å². The fourth-order valence-electron chi connectivity index (χ4n) is 1.42. The second-order valence-electron chi connectivity index (χ2n) is 5.29. The van der Waals surface area contributed by atoms with Gasteiger partial charge >= 0.3 is 11.9 Å². The summed E-state index contributed by atoms with van der Waals surface area (Å²) >= 11 is 0. The summed E-state index contributed by atoms with van der Waals surface area (Å²) in [6.45, 7) is 8.64. The van der Waals surface area contributed by atoms with Crippen LogP contribution < -0.4 is 0 Å². The first-order valence-electron chi connectivity index (χ1n) is 5.10. The molecule has 1 fully saturated rings. The average molecular weight is 214 g/mol. The Bertz CT molecular complexity index is 289. The Kier molecular flexibility index (Phi) is 2.81. The normalized spacial score (nSPS) is 31.3. The quantitative estimate of drug-likeness (QED) is 0.623. The highest BCUT2D eigenvalue weighted by atomic mass is 16.6. The van der Waals surface area contributed by atoms with Gasteiger partial charge in [-0.1, -0.05) is 0 Å². The van der Waals surface area contributed by atoms with Crippen molar-refractivity contribution in [1.29, 1.82) is 0 Å². The van der Waals surface area contributed by atoms with Crippen molar-refractivity contribution in [3.8, 4) is 0 Å². The van der Waals surface area contributed by atoms with Crippen LogP contribution >= 0.6 is 0 Å². The Hall–Kier alpha value is -1.06. The Morgan fingerprint density at radius 2 is 2.07 bits per heavy atom. The smallest absolute Gasteiger partial charge is 0.350 e. The highest BCUT2D eigenvalue weighted by molar-refractivity contribution is 5.86. The lowest BCUT2D eigenvalue weighted by Gasteiger charge is -2.25. The molecule has 0 aromatic heterocycles. The molecule has 4 nitrogen and oxygen atoms in total. The van der Waals surface area contributed by atoms with Crippen LogP contribution in [-0.4, -0.2) is 23.6 Å². The van der Waals surface area contributed by atoms with Gasteiger partial charge in [-0.2, -0.15) is 0 Å². The molecule has 1 aliphatic heterocycles. The van der Waals surface area contributed by atoms with Gasteiger partial charge < -0.3 is 9.47 Å². The van der Waals surface area contributed by atoms with Gasteiger partial charge in [-0.05, 0) is 34.6 Å². The highest BCUT2D eigenvalue weighted by Crippen LogP contribution is 2.31. The topological polar surface area (TPSA) is 52.6 Å². The minimum absolute atomic E-state index is 0.185. The third-order valence-electron chi connectivity index (χ3n) is 2.35. The number of esters is 2. The molecule has 0 radical (unpaired) electrons. The van der Waals surface area contributed by atoms with Crippen molar-refractivity contribution in [1.82, 2.24) is 0 Å². The largest absolute Gasteiger partial charge is 0.460 e. The van der Waals surface area contributed by atoms with Gasteiger partial charge in [-0.25, -0.2) is 4.79 Å². The van der Waals surface area contributed by atoms with Gasteiger partial charge in [-0.3, -0.25) is 4.79 Å². The predicted octanol–water partition coefficient (Wildman–Crippen LogP) is 1.67. The number of hydrogen-bond acceptors (Lipinski definition) is 4. The number of hydrogen-bond donors (Lipinski definition) is 0. The maximum Gasteiger partial charge on any atom is 0.350 e. The van der Waals surface area contributed by atoms with E-state index in [1.54, 1.807) is 34.6 Å². The summed E-state index contributed by atoms with van der Waals surface area (Å²) < 4.78 is 10.2. The molecule has 1 saturated heterocycles. The molecule has 0 aromatic rings. The second kappa shape index (κ2) is 3.51. The molecule has 0 amide bonds. The van der Waals surface area contributed by atoms with E-state index < -0.39 is 17.0 Å². The van der Waals surface area contributed by atoms with E-state index >= 15 is 0 Å². The molecule has 0 aliphatic carbocycles. The molecule has 1 aliphatic rings. The first-order valence-corrected chi connectivity index (χ1v) is 5.10. The Morgan fingerprint density at radius 1 is 1.53 bits per heavy atom. The van der Waals surface area contributed by atoms with Crippen LogP contribution in [0.25, 0.3) is 0 Å². The van der Waals surface area contributed by atoms with Crippen molar-refractivity contribution in [3.63, 3.8) is 0 Å². The van der Waals surface area contributed by atoms with Crippen LogP contribution in [0.1, 0.15) is 41.0 Å². The van der Waals surface area contributed by atoms with Gasteiger partial charge in [0.15, 0.2) is 0 Å². The maximum atomic E-state index is 11.6. The van der Waals surface area contributed by atoms with Crippen LogP contribution in [0.15, 0.2) is 0 Å². The van der Waals surface area contributed by atoms with Crippen molar-refractivity contribution < 1.29 is 19.1 Å². The van der Waals surface area contributed by atoms with E-state index in [2.05, 4.69) is 0 Å². The van der Waals surface area contributed by atoms with Gasteiger partial charge in [-0.15, -0.1) is 0 Å². The molecule has 0 N–H and O–H groups in total. The summed E-state index contributed by atoms with van der Waals surface area (Å²) in [6.07, 6.45) is 0.239.